The molecule has 0 aliphatic heterocycles. The fourth-order valence-electron chi connectivity index (χ4n) is 5.74. The smallest absolute Gasteiger partial charge is 0.264 e. The summed E-state index contributed by atoms with van der Waals surface area (Å²) in [4.78, 5) is 30.1. The van der Waals surface area contributed by atoms with Gasteiger partial charge in [0.05, 0.1) is 10.6 Å². The van der Waals surface area contributed by atoms with E-state index >= 15 is 0 Å². The Bertz CT molecular complexity index is 1700. The number of sulfonamides is 1. The SMILES string of the molecule is O=C(NC1CCCCC1)[C@@H](Cc1ccccc1)N(Cc1ccc(F)cc1)C(=O)CN(c1ccc(I)cc1)S(=O)(=O)c1ccccc1. The van der Waals surface area contributed by atoms with Crippen LogP contribution in [0.1, 0.15) is 43.2 Å². The van der Waals surface area contributed by atoms with Crippen molar-refractivity contribution in [1.82, 2.24) is 10.2 Å². The molecule has 10 heteroatoms. The standard InChI is InChI=1S/C36H37FIN3O4S/c37-29-18-16-28(17-19-29)25-40(34(24-27-10-4-1-5-11-27)36(43)39-31-12-6-2-7-13-31)35(42)26-41(32-22-20-30(38)21-23-32)46(44,45)33-14-8-3-9-15-33/h1,3-5,8-11,14-23,31,34H,2,6-7,12-13,24-26H2,(H,39,43)/t34-/m1/s1. The lowest BCUT2D eigenvalue weighted by molar-refractivity contribution is -0.140. The third kappa shape index (κ3) is 8.73. The largest absolute Gasteiger partial charge is 0.352 e. The van der Waals surface area contributed by atoms with E-state index in [2.05, 4.69) is 27.9 Å². The van der Waals surface area contributed by atoms with E-state index in [9.17, 15) is 22.4 Å². The van der Waals surface area contributed by atoms with Crippen molar-refractivity contribution in [3.05, 3.63) is 130 Å². The molecule has 1 aliphatic carbocycles. The lowest BCUT2D eigenvalue weighted by atomic mass is 9.94. The van der Waals surface area contributed by atoms with Crippen LogP contribution in [0.25, 0.3) is 0 Å². The van der Waals surface area contributed by atoms with E-state index in [1.165, 1.54) is 29.2 Å². The average Bonchev–Trinajstić information content (AvgIpc) is 3.07. The predicted molar refractivity (Wildman–Crippen MR) is 186 cm³/mol. The van der Waals surface area contributed by atoms with Gasteiger partial charge in [-0.3, -0.25) is 13.9 Å². The summed E-state index contributed by atoms with van der Waals surface area (Å²) in [6.07, 6.45) is 5.13. The quantitative estimate of drug-likeness (QED) is 0.163. The highest BCUT2D eigenvalue weighted by Crippen LogP contribution is 2.26. The van der Waals surface area contributed by atoms with Gasteiger partial charge in [-0.25, -0.2) is 12.8 Å². The highest BCUT2D eigenvalue weighted by molar-refractivity contribution is 14.1. The highest BCUT2D eigenvalue weighted by atomic mass is 127. The monoisotopic (exact) mass is 753 g/mol. The molecular formula is C36H37FIN3O4S. The molecule has 1 saturated carbocycles. The van der Waals surface area contributed by atoms with E-state index in [1.54, 1.807) is 54.6 Å². The van der Waals surface area contributed by atoms with Gasteiger partial charge in [0.15, 0.2) is 0 Å². The zero-order chi connectivity index (χ0) is 32.5. The Morgan fingerprint density at radius 1 is 0.804 bits per heavy atom. The first-order valence-electron chi connectivity index (χ1n) is 15.4. The predicted octanol–water partition coefficient (Wildman–Crippen LogP) is 6.71. The third-order valence-electron chi connectivity index (χ3n) is 8.21. The third-order valence-corrected chi connectivity index (χ3v) is 10.7. The Hall–Kier alpha value is -3.77. The van der Waals surface area contributed by atoms with Crippen LogP contribution in [0.4, 0.5) is 10.1 Å². The summed E-state index contributed by atoms with van der Waals surface area (Å²) in [5, 5.41) is 3.19. The molecule has 0 saturated heterocycles. The molecule has 1 N–H and O–H groups in total. The molecule has 46 heavy (non-hydrogen) atoms. The molecule has 0 spiro atoms. The summed E-state index contributed by atoms with van der Waals surface area (Å²) >= 11 is 2.14. The lowest BCUT2D eigenvalue weighted by Gasteiger charge is -2.35. The van der Waals surface area contributed by atoms with Crippen LogP contribution in [0.5, 0.6) is 0 Å². The van der Waals surface area contributed by atoms with Gasteiger partial charge in [-0.2, -0.15) is 0 Å². The minimum atomic E-state index is -4.17. The van der Waals surface area contributed by atoms with E-state index in [0.29, 0.717) is 11.3 Å². The molecule has 0 heterocycles. The molecule has 1 atom stereocenters. The lowest BCUT2D eigenvalue weighted by Crippen LogP contribution is -2.55. The van der Waals surface area contributed by atoms with Gasteiger partial charge < -0.3 is 10.2 Å². The minimum absolute atomic E-state index is 0.00375. The summed E-state index contributed by atoms with van der Waals surface area (Å²) in [7, 11) is -4.17. The van der Waals surface area contributed by atoms with Gasteiger partial charge in [0.25, 0.3) is 10.0 Å². The second kappa shape index (κ2) is 15.7. The number of amides is 2. The number of carbonyl (C=O) groups excluding carboxylic acids is 2. The van der Waals surface area contributed by atoms with Gasteiger partial charge in [0, 0.05) is 22.6 Å². The Morgan fingerprint density at radius 3 is 2.04 bits per heavy atom. The molecule has 0 aromatic heterocycles. The zero-order valence-corrected chi connectivity index (χ0v) is 28.4. The van der Waals surface area contributed by atoms with E-state index in [4.69, 9.17) is 0 Å². The summed E-state index contributed by atoms with van der Waals surface area (Å²) in [6, 6.07) is 29.1. The van der Waals surface area contributed by atoms with Crippen molar-refractivity contribution < 1.29 is 22.4 Å². The number of hydrogen-bond donors (Lipinski definition) is 1. The first-order chi connectivity index (χ1) is 22.2. The van der Waals surface area contributed by atoms with Gasteiger partial charge in [-0.1, -0.05) is 79.9 Å². The first kappa shape index (κ1) is 33.6. The molecule has 1 aliphatic rings. The van der Waals surface area contributed by atoms with Crippen LogP contribution in [0.2, 0.25) is 0 Å². The zero-order valence-electron chi connectivity index (χ0n) is 25.4. The summed E-state index contributed by atoms with van der Waals surface area (Å²) in [6.45, 7) is -0.554. The van der Waals surface area contributed by atoms with E-state index in [0.717, 1.165) is 45.5 Å². The molecule has 4 aromatic rings. The maximum absolute atomic E-state index is 14.5. The Balaban J connectivity index is 1.55. The molecule has 4 aromatic carbocycles. The number of halogens is 2. The van der Waals surface area contributed by atoms with Gasteiger partial charge in [-0.15, -0.1) is 0 Å². The molecular weight excluding hydrogens is 716 g/mol. The van der Waals surface area contributed by atoms with Crippen LogP contribution < -0.4 is 9.62 Å². The van der Waals surface area contributed by atoms with Crippen molar-refractivity contribution in [3.8, 4) is 0 Å². The maximum atomic E-state index is 14.5. The summed E-state index contributed by atoms with van der Waals surface area (Å²) in [5.41, 5.74) is 1.80. The van der Waals surface area contributed by atoms with Crippen LogP contribution in [0, 0.1) is 9.39 Å². The van der Waals surface area contributed by atoms with Crippen molar-refractivity contribution >= 4 is 50.1 Å². The van der Waals surface area contributed by atoms with Crippen molar-refractivity contribution in [1.29, 1.82) is 0 Å². The topological polar surface area (TPSA) is 86.8 Å². The van der Waals surface area contributed by atoms with Crippen LogP contribution in [-0.4, -0.2) is 43.8 Å². The first-order valence-corrected chi connectivity index (χ1v) is 17.9. The van der Waals surface area contributed by atoms with Gasteiger partial charge >= 0.3 is 0 Å². The number of benzene rings is 4. The molecule has 0 unspecified atom stereocenters. The Morgan fingerprint density at radius 2 is 1.41 bits per heavy atom. The van der Waals surface area contributed by atoms with E-state index in [-0.39, 0.29) is 29.8 Å². The number of rotatable bonds is 12. The number of hydrogen-bond acceptors (Lipinski definition) is 4. The summed E-state index contributed by atoms with van der Waals surface area (Å²) < 4.78 is 44.0. The van der Waals surface area contributed by atoms with Crippen LogP contribution in [0.15, 0.2) is 114 Å². The maximum Gasteiger partial charge on any atom is 0.264 e. The van der Waals surface area contributed by atoms with E-state index in [1.807, 2.05) is 30.3 Å². The van der Waals surface area contributed by atoms with Crippen molar-refractivity contribution in [2.24, 2.45) is 0 Å². The van der Waals surface area contributed by atoms with Gasteiger partial charge in [-0.05, 0) is 95.1 Å². The number of carbonyl (C=O) groups is 2. The number of nitrogens with one attached hydrogen (secondary N) is 1. The second-order valence-electron chi connectivity index (χ2n) is 11.5. The molecule has 240 valence electrons. The molecule has 0 radical (unpaired) electrons. The number of nitrogens with zero attached hydrogens (tertiary/aromatic N) is 2. The van der Waals surface area contributed by atoms with Gasteiger partial charge in [0.2, 0.25) is 11.8 Å². The van der Waals surface area contributed by atoms with Crippen LogP contribution in [-0.2, 0) is 32.6 Å². The summed E-state index contributed by atoms with van der Waals surface area (Å²) in [5.74, 6) is -1.27. The normalized spacial score (nSPS) is 14.3. The average molecular weight is 754 g/mol. The molecule has 2 amide bonds. The van der Waals surface area contributed by atoms with Crippen LogP contribution >= 0.6 is 22.6 Å². The minimum Gasteiger partial charge on any atom is -0.352 e. The number of anilines is 1. The van der Waals surface area contributed by atoms with Crippen molar-refractivity contribution in [2.45, 2.75) is 62.0 Å². The molecule has 7 nitrogen and oxygen atoms in total. The fourth-order valence-corrected chi connectivity index (χ4v) is 7.54. The fraction of sp³-hybridized carbons (Fsp3) is 0.278. The molecule has 1 fully saturated rings. The van der Waals surface area contributed by atoms with Crippen LogP contribution in [0.3, 0.4) is 0 Å². The van der Waals surface area contributed by atoms with E-state index < -0.39 is 34.3 Å². The molecule has 0 bridgehead atoms. The Labute approximate surface area is 284 Å². The Kier molecular flexibility index (Phi) is 11.5. The highest BCUT2D eigenvalue weighted by Gasteiger charge is 2.35. The second-order valence-corrected chi connectivity index (χ2v) is 14.6. The van der Waals surface area contributed by atoms with Crippen molar-refractivity contribution in [3.63, 3.8) is 0 Å². The van der Waals surface area contributed by atoms with Crippen molar-refractivity contribution in [2.75, 3.05) is 10.8 Å². The van der Waals surface area contributed by atoms with Gasteiger partial charge in [0.1, 0.15) is 18.4 Å². The molecule has 5 rings (SSSR count).